The minimum Gasteiger partial charge on any atom is -0.467 e. The Hall–Kier alpha value is -3.23. The summed E-state index contributed by atoms with van der Waals surface area (Å²) in [7, 11) is 1.36. The first kappa shape index (κ1) is 21.6. The topological polar surface area (TPSA) is 72.4 Å². The smallest absolute Gasteiger partial charge is 0.328 e. The summed E-state index contributed by atoms with van der Waals surface area (Å²) >= 11 is 2.94. The van der Waals surface area contributed by atoms with Gasteiger partial charge in [0.2, 0.25) is 5.91 Å². The number of thiophene rings is 1. The number of thioether (sulfide) groups is 1. The zero-order valence-electron chi connectivity index (χ0n) is 17.9. The molecule has 2 aromatic heterocycles. The SMILES string of the molecule is COC(=O)[C@@H]1Cc2ccccc2CN1C(=O)CSc1ncnc2scc(-c3ccccc3)c12. The number of hydrogen-bond acceptors (Lipinski definition) is 7. The van der Waals surface area contributed by atoms with Crippen molar-refractivity contribution in [2.75, 3.05) is 12.9 Å². The van der Waals surface area contributed by atoms with Crippen LogP contribution in [0.3, 0.4) is 0 Å². The van der Waals surface area contributed by atoms with Crippen molar-refractivity contribution >= 4 is 45.2 Å². The number of hydrogen-bond donors (Lipinski definition) is 0. The average Bonchev–Trinajstić information content (AvgIpc) is 3.31. The standard InChI is InChI=1S/C25H21N3O3S2/c1-31-25(30)20-11-17-9-5-6-10-18(17)12-28(20)21(29)14-33-24-22-19(16-7-3-2-4-8-16)13-32-23(22)26-15-27-24/h2-10,13,15,20H,11-12,14H2,1H3/t20-/m0/s1. The average molecular weight is 476 g/mol. The number of fused-ring (bicyclic) bond motifs is 2. The van der Waals surface area contributed by atoms with Crippen molar-refractivity contribution < 1.29 is 14.3 Å². The van der Waals surface area contributed by atoms with Crippen LogP contribution in [0.4, 0.5) is 0 Å². The van der Waals surface area contributed by atoms with Crippen LogP contribution in [0.2, 0.25) is 0 Å². The van der Waals surface area contributed by atoms with Crippen molar-refractivity contribution in [1.29, 1.82) is 0 Å². The Balaban J connectivity index is 1.41. The number of carbonyl (C=O) groups is 2. The van der Waals surface area contributed by atoms with Crippen molar-refractivity contribution in [3.05, 3.63) is 77.4 Å². The number of benzene rings is 2. The third kappa shape index (κ3) is 4.24. The Morgan fingerprint density at radius 1 is 1.09 bits per heavy atom. The van der Waals surface area contributed by atoms with E-state index < -0.39 is 12.0 Å². The molecule has 0 spiro atoms. The van der Waals surface area contributed by atoms with E-state index in [1.165, 1.54) is 25.2 Å². The fourth-order valence-corrected chi connectivity index (χ4v) is 6.01. The summed E-state index contributed by atoms with van der Waals surface area (Å²) in [5, 5.41) is 3.80. The van der Waals surface area contributed by atoms with Gasteiger partial charge >= 0.3 is 5.97 Å². The molecule has 0 aliphatic carbocycles. The lowest BCUT2D eigenvalue weighted by Gasteiger charge is -2.35. The summed E-state index contributed by atoms with van der Waals surface area (Å²) in [6.45, 7) is 0.391. The van der Waals surface area contributed by atoms with Crippen LogP contribution < -0.4 is 0 Å². The van der Waals surface area contributed by atoms with Crippen molar-refractivity contribution in [3.8, 4) is 11.1 Å². The summed E-state index contributed by atoms with van der Waals surface area (Å²) in [4.78, 5) is 37.2. The normalized spacial score (nSPS) is 15.3. The summed E-state index contributed by atoms with van der Waals surface area (Å²) in [5.74, 6) is -0.337. The van der Waals surface area contributed by atoms with Gasteiger partial charge in [-0.25, -0.2) is 14.8 Å². The van der Waals surface area contributed by atoms with Crippen LogP contribution in [-0.4, -0.2) is 45.6 Å². The molecule has 2 aromatic carbocycles. The molecule has 8 heteroatoms. The molecule has 0 radical (unpaired) electrons. The molecule has 1 amide bonds. The molecule has 1 aliphatic heterocycles. The van der Waals surface area contributed by atoms with Gasteiger partial charge in [-0.3, -0.25) is 4.79 Å². The third-order valence-corrected chi connectivity index (χ3v) is 7.66. The molecule has 0 unspecified atom stereocenters. The fraction of sp³-hybridized carbons (Fsp3) is 0.200. The predicted molar refractivity (Wildman–Crippen MR) is 130 cm³/mol. The second-order valence-corrected chi connectivity index (χ2v) is 9.52. The first-order valence-corrected chi connectivity index (χ1v) is 12.4. The van der Waals surface area contributed by atoms with E-state index in [9.17, 15) is 9.59 Å². The first-order chi connectivity index (χ1) is 16.2. The number of carbonyl (C=O) groups excluding carboxylic acids is 2. The number of amides is 1. The number of ether oxygens (including phenoxy) is 1. The summed E-state index contributed by atoms with van der Waals surface area (Å²) in [6.07, 6.45) is 1.99. The minimum atomic E-state index is -0.621. The Morgan fingerprint density at radius 2 is 1.85 bits per heavy atom. The summed E-state index contributed by atoms with van der Waals surface area (Å²) in [5.41, 5.74) is 4.29. The molecule has 1 atom stereocenters. The third-order valence-electron chi connectivity index (χ3n) is 5.79. The van der Waals surface area contributed by atoms with Crippen LogP contribution in [-0.2, 0) is 27.3 Å². The van der Waals surface area contributed by atoms with Gasteiger partial charge in [0.05, 0.1) is 18.2 Å². The van der Waals surface area contributed by atoms with Crippen LogP contribution >= 0.6 is 23.1 Å². The molecule has 1 aliphatic rings. The quantitative estimate of drug-likeness (QED) is 0.239. The molecule has 33 heavy (non-hydrogen) atoms. The number of methoxy groups -OCH3 is 1. The van der Waals surface area contributed by atoms with E-state index in [4.69, 9.17) is 4.74 Å². The number of esters is 1. The van der Waals surface area contributed by atoms with Gasteiger partial charge in [0.15, 0.2) is 0 Å². The second-order valence-electron chi connectivity index (χ2n) is 7.70. The lowest BCUT2D eigenvalue weighted by Crippen LogP contribution is -2.49. The van der Waals surface area contributed by atoms with E-state index in [2.05, 4.69) is 27.5 Å². The van der Waals surface area contributed by atoms with Gasteiger partial charge in [-0.2, -0.15) is 0 Å². The van der Waals surface area contributed by atoms with E-state index in [0.717, 1.165) is 37.5 Å². The van der Waals surface area contributed by atoms with E-state index in [0.29, 0.717) is 13.0 Å². The maximum atomic E-state index is 13.3. The van der Waals surface area contributed by atoms with Crippen LogP contribution in [0.1, 0.15) is 11.1 Å². The van der Waals surface area contributed by atoms with Gasteiger partial charge in [-0.05, 0) is 16.7 Å². The van der Waals surface area contributed by atoms with Crippen molar-refractivity contribution in [2.24, 2.45) is 0 Å². The van der Waals surface area contributed by atoms with Crippen LogP contribution in [0, 0.1) is 0 Å². The molecule has 0 fully saturated rings. The van der Waals surface area contributed by atoms with Crippen molar-refractivity contribution in [1.82, 2.24) is 14.9 Å². The zero-order valence-corrected chi connectivity index (χ0v) is 19.6. The highest BCUT2D eigenvalue weighted by Gasteiger charge is 2.35. The molecule has 4 aromatic rings. The van der Waals surface area contributed by atoms with Gasteiger partial charge in [0, 0.05) is 23.9 Å². The summed E-state index contributed by atoms with van der Waals surface area (Å²) in [6, 6.07) is 17.4. The molecule has 5 rings (SSSR count). The van der Waals surface area contributed by atoms with Crippen molar-refractivity contribution in [3.63, 3.8) is 0 Å². The molecule has 166 valence electrons. The zero-order chi connectivity index (χ0) is 22.8. The van der Waals surface area contributed by atoms with Crippen LogP contribution in [0.25, 0.3) is 21.3 Å². The molecule has 0 N–H and O–H groups in total. The van der Waals surface area contributed by atoms with Gasteiger partial charge < -0.3 is 9.64 Å². The monoisotopic (exact) mass is 475 g/mol. The van der Waals surface area contributed by atoms with Gasteiger partial charge in [-0.15, -0.1) is 11.3 Å². The van der Waals surface area contributed by atoms with E-state index >= 15 is 0 Å². The van der Waals surface area contributed by atoms with Gasteiger partial charge in [-0.1, -0.05) is 66.4 Å². The van der Waals surface area contributed by atoms with E-state index in [-0.39, 0.29) is 11.7 Å². The Labute approximate surface area is 199 Å². The molecule has 0 saturated carbocycles. The predicted octanol–water partition coefficient (Wildman–Crippen LogP) is 4.58. The maximum Gasteiger partial charge on any atom is 0.328 e. The summed E-state index contributed by atoms with van der Waals surface area (Å²) < 4.78 is 5.00. The molecule has 0 bridgehead atoms. The number of aromatic nitrogens is 2. The Bertz CT molecular complexity index is 1320. The number of rotatable bonds is 5. The molecular weight excluding hydrogens is 454 g/mol. The Kier molecular flexibility index (Phi) is 6.11. The molecular formula is C25H21N3O3S2. The van der Waals surface area contributed by atoms with Crippen LogP contribution in [0.15, 0.2) is 71.3 Å². The lowest BCUT2D eigenvalue weighted by molar-refractivity contribution is -0.153. The molecule has 0 saturated heterocycles. The number of nitrogens with zero attached hydrogens (tertiary/aromatic N) is 3. The molecule has 6 nitrogen and oxygen atoms in total. The van der Waals surface area contributed by atoms with E-state index in [1.54, 1.807) is 16.2 Å². The lowest BCUT2D eigenvalue weighted by atomic mass is 9.94. The first-order valence-electron chi connectivity index (χ1n) is 10.5. The second kappa shape index (κ2) is 9.33. The van der Waals surface area contributed by atoms with Crippen LogP contribution in [0.5, 0.6) is 0 Å². The highest BCUT2D eigenvalue weighted by atomic mass is 32.2. The van der Waals surface area contributed by atoms with Gasteiger partial charge in [0.1, 0.15) is 22.2 Å². The highest BCUT2D eigenvalue weighted by molar-refractivity contribution is 8.00. The minimum absolute atomic E-state index is 0.117. The maximum absolute atomic E-state index is 13.3. The van der Waals surface area contributed by atoms with E-state index in [1.807, 2.05) is 42.5 Å². The van der Waals surface area contributed by atoms with Crippen molar-refractivity contribution in [2.45, 2.75) is 24.0 Å². The Morgan fingerprint density at radius 3 is 2.64 bits per heavy atom. The largest absolute Gasteiger partial charge is 0.467 e. The molecule has 3 heterocycles. The highest BCUT2D eigenvalue weighted by Crippen LogP contribution is 2.38. The fourth-order valence-electron chi connectivity index (χ4n) is 4.13. The van der Waals surface area contributed by atoms with Gasteiger partial charge in [0.25, 0.3) is 0 Å².